The van der Waals surface area contributed by atoms with Crippen LogP contribution in [0.2, 0.25) is 0 Å². The van der Waals surface area contributed by atoms with Crippen molar-refractivity contribution >= 4 is 23.3 Å². The van der Waals surface area contributed by atoms with E-state index in [0.717, 1.165) is 24.3 Å². The highest BCUT2D eigenvalue weighted by atomic mass is 35.5. The largest absolute Gasteiger partial charge is 0.374 e. The number of aromatic nitrogens is 2. The summed E-state index contributed by atoms with van der Waals surface area (Å²) in [6, 6.07) is 18.8. The zero-order chi connectivity index (χ0) is 16.1. The highest BCUT2D eigenvalue weighted by Gasteiger charge is 2.10. The lowest BCUT2D eigenvalue weighted by Crippen LogP contribution is -2.18. The Balaban J connectivity index is 0.00000208. The van der Waals surface area contributed by atoms with Gasteiger partial charge in [-0.3, -0.25) is 4.68 Å². The predicted molar refractivity (Wildman–Crippen MR) is 101 cm³/mol. The lowest BCUT2D eigenvalue weighted by atomic mass is 10.2. The fourth-order valence-corrected chi connectivity index (χ4v) is 2.60. The topological polar surface area (TPSA) is 30.3 Å². The minimum absolute atomic E-state index is 0. The molecule has 0 atom stereocenters. The molecule has 128 valence electrons. The van der Waals surface area contributed by atoms with Gasteiger partial charge in [0.05, 0.1) is 31.0 Å². The van der Waals surface area contributed by atoms with E-state index in [1.807, 2.05) is 20.2 Å². The van der Waals surface area contributed by atoms with Crippen LogP contribution in [0, 0.1) is 0 Å². The standard InChI is InChI=1S/C19H23N3O.ClH/c1-21(2)12-13-23-15-18-17-10-6-7-11-19(17)22(20-18)14-16-8-4-3-5-9-16;/h3-11H,12-15H2,1-2H3;1H. The molecule has 0 aliphatic rings. The van der Waals surface area contributed by atoms with Gasteiger partial charge in [0.15, 0.2) is 0 Å². The SMILES string of the molecule is CN(C)CCOCc1nn(Cc2ccccc2)c2ccccc12.Cl. The fourth-order valence-electron chi connectivity index (χ4n) is 2.60. The number of nitrogens with zero attached hydrogens (tertiary/aromatic N) is 3. The van der Waals surface area contributed by atoms with Crippen molar-refractivity contribution in [1.82, 2.24) is 14.7 Å². The minimum Gasteiger partial charge on any atom is -0.374 e. The molecule has 5 heteroatoms. The van der Waals surface area contributed by atoms with E-state index >= 15 is 0 Å². The second-order valence-electron chi connectivity index (χ2n) is 5.96. The quantitative estimate of drug-likeness (QED) is 0.613. The maximum atomic E-state index is 5.78. The van der Waals surface area contributed by atoms with E-state index in [0.29, 0.717) is 13.2 Å². The molecule has 0 radical (unpaired) electrons. The maximum absolute atomic E-state index is 5.78. The molecule has 0 bridgehead atoms. The van der Waals surface area contributed by atoms with Gasteiger partial charge in [-0.1, -0.05) is 48.5 Å². The summed E-state index contributed by atoms with van der Waals surface area (Å²) in [6.07, 6.45) is 0. The van der Waals surface area contributed by atoms with Gasteiger partial charge in [0.25, 0.3) is 0 Å². The van der Waals surface area contributed by atoms with Crippen LogP contribution in [0.5, 0.6) is 0 Å². The fraction of sp³-hybridized carbons (Fsp3) is 0.316. The zero-order valence-corrected chi connectivity index (χ0v) is 15.0. The third kappa shape index (κ3) is 4.57. The first kappa shape index (κ1) is 18.5. The molecule has 0 saturated carbocycles. The van der Waals surface area contributed by atoms with Gasteiger partial charge in [0.1, 0.15) is 0 Å². The van der Waals surface area contributed by atoms with Crippen molar-refractivity contribution in [2.45, 2.75) is 13.2 Å². The lowest BCUT2D eigenvalue weighted by molar-refractivity contribution is 0.103. The molecule has 0 saturated heterocycles. The molecule has 24 heavy (non-hydrogen) atoms. The van der Waals surface area contributed by atoms with Crippen molar-refractivity contribution < 1.29 is 4.74 Å². The normalized spacial score (nSPS) is 11.0. The number of hydrogen-bond acceptors (Lipinski definition) is 3. The first-order chi connectivity index (χ1) is 11.2. The Hall–Kier alpha value is -1.88. The summed E-state index contributed by atoms with van der Waals surface area (Å²) in [5.41, 5.74) is 3.42. The van der Waals surface area contributed by atoms with Crippen LogP contribution < -0.4 is 0 Å². The van der Waals surface area contributed by atoms with Gasteiger partial charge >= 0.3 is 0 Å². The molecule has 3 aromatic rings. The van der Waals surface area contributed by atoms with E-state index in [4.69, 9.17) is 9.84 Å². The molecular formula is C19H24ClN3O. The van der Waals surface area contributed by atoms with E-state index in [9.17, 15) is 0 Å². The van der Waals surface area contributed by atoms with Gasteiger partial charge in [-0.15, -0.1) is 12.4 Å². The second kappa shape index (κ2) is 8.83. The van der Waals surface area contributed by atoms with Gasteiger partial charge in [0.2, 0.25) is 0 Å². The van der Waals surface area contributed by atoms with Crippen LogP contribution in [0.1, 0.15) is 11.3 Å². The van der Waals surface area contributed by atoms with Crippen molar-refractivity contribution in [2.24, 2.45) is 0 Å². The molecule has 0 aliphatic heterocycles. The molecule has 1 heterocycles. The monoisotopic (exact) mass is 345 g/mol. The van der Waals surface area contributed by atoms with Gasteiger partial charge < -0.3 is 9.64 Å². The third-order valence-electron chi connectivity index (χ3n) is 3.83. The number of benzene rings is 2. The molecule has 0 aliphatic carbocycles. The molecular weight excluding hydrogens is 322 g/mol. The molecule has 3 rings (SSSR count). The van der Waals surface area contributed by atoms with Crippen LogP contribution in [0.3, 0.4) is 0 Å². The van der Waals surface area contributed by atoms with Crippen LogP contribution in [0.15, 0.2) is 54.6 Å². The number of ether oxygens (including phenoxy) is 1. The van der Waals surface area contributed by atoms with E-state index < -0.39 is 0 Å². The average molecular weight is 346 g/mol. The molecule has 4 nitrogen and oxygen atoms in total. The number of para-hydroxylation sites is 1. The van der Waals surface area contributed by atoms with Crippen molar-refractivity contribution in [3.05, 3.63) is 65.9 Å². The average Bonchev–Trinajstić information content (AvgIpc) is 2.91. The molecule has 0 spiro atoms. The highest BCUT2D eigenvalue weighted by molar-refractivity contribution is 5.85. The third-order valence-corrected chi connectivity index (χ3v) is 3.83. The summed E-state index contributed by atoms with van der Waals surface area (Å²) < 4.78 is 7.85. The summed E-state index contributed by atoms with van der Waals surface area (Å²) >= 11 is 0. The smallest absolute Gasteiger partial charge is 0.0960 e. The van der Waals surface area contributed by atoms with Gasteiger partial charge in [-0.2, -0.15) is 5.10 Å². The first-order valence-corrected chi connectivity index (χ1v) is 7.95. The van der Waals surface area contributed by atoms with Crippen LogP contribution in [-0.2, 0) is 17.9 Å². The van der Waals surface area contributed by atoms with E-state index in [2.05, 4.69) is 58.1 Å². The van der Waals surface area contributed by atoms with Crippen molar-refractivity contribution in [3.63, 3.8) is 0 Å². The maximum Gasteiger partial charge on any atom is 0.0960 e. The number of likely N-dealkylation sites (N-methyl/N-ethyl adjacent to an activating group) is 1. The predicted octanol–water partition coefficient (Wildman–Crippen LogP) is 3.58. The van der Waals surface area contributed by atoms with Crippen molar-refractivity contribution in [3.8, 4) is 0 Å². The molecule has 0 amide bonds. The Bertz CT molecular complexity index is 756. The summed E-state index contributed by atoms with van der Waals surface area (Å²) in [5.74, 6) is 0. The van der Waals surface area contributed by atoms with E-state index in [1.165, 1.54) is 10.9 Å². The van der Waals surface area contributed by atoms with Crippen molar-refractivity contribution in [2.75, 3.05) is 27.2 Å². The summed E-state index contributed by atoms with van der Waals surface area (Å²) in [6.45, 7) is 2.96. The number of fused-ring (bicyclic) bond motifs is 1. The Labute approximate surface area is 149 Å². The van der Waals surface area contributed by atoms with E-state index in [-0.39, 0.29) is 12.4 Å². The number of rotatable bonds is 7. The number of halogens is 1. The zero-order valence-electron chi connectivity index (χ0n) is 14.2. The molecule has 1 aromatic heterocycles. The second-order valence-corrected chi connectivity index (χ2v) is 5.96. The van der Waals surface area contributed by atoms with Gasteiger partial charge in [-0.25, -0.2) is 0 Å². The minimum atomic E-state index is 0. The summed E-state index contributed by atoms with van der Waals surface area (Å²) in [7, 11) is 4.10. The Morgan fingerprint density at radius 1 is 1.00 bits per heavy atom. The van der Waals surface area contributed by atoms with E-state index in [1.54, 1.807) is 0 Å². The molecule has 0 fully saturated rings. The van der Waals surface area contributed by atoms with Gasteiger partial charge in [0, 0.05) is 11.9 Å². The van der Waals surface area contributed by atoms with Crippen LogP contribution >= 0.6 is 12.4 Å². The number of hydrogen-bond donors (Lipinski definition) is 0. The summed E-state index contributed by atoms with van der Waals surface area (Å²) in [4.78, 5) is 2.12. The van der Waals surface area contributed by atoms with Crippen molar-refractivity contribution in [1.29, 1.82) is 0 Å². The summed E-state index contributed by atoms with van der Waals surface area (Å²) in [5, 5.41) is 5.95. The highest BCUT2D eigenvalue weighted by Crippen LogP contribution is 2.20. The lowest BCUT2D eigenvalue weighted by Gasteiger charge is -2.08. The van der Waals surface area contributed by atoms with Crippen LogP contribution in [-0.4, -0.2) is 41.9 Å². The molecule has 0 unspecified atom stereocenters. The Morgan fingerprint density at radius 3 is 2.46 bits per heavy atom. The van der Waals surface area contributed by atoms with Gasteiger partial charge in [-0.05, 0) is 25.7 Å². The van der Waals surface area contributed by atoms with Crippen LogP contribution in [0.4, 0.5) is 0 Å². The Kier molecular flexibility index (Phi) is 6.79. The molecule has 0 N–H and O–H groups in total. The first-order valence-electron chi connectivity index (χ1n) is 7.95. The van der Waals surface area contributed by atoms with Crippen LogP contribution in [0.25, 0.3) is 10.9 Å². The molecule has 2 aromatic carbocycles. The Morgan fingerprint density at radius 2 is 1.71 bits per heavy atom.